The van der Waals surface area contributed by atoms with E-state index in [0.717, 1.165) is 43.1 Å². The van der Waals surface area contributed by atoms with Crippen molar-refractivity contribution in [3.63, 3.8) is 0 Å². The highest BCUT2D eigenvalue weighted by atomic mass is 19.1. The molecule has 1 aliphatic heterocycles. The lowest BCUT2D eigenvalue weighted by atomic mass is 9.99. The fourth-order valence-corrected chi connectivity index (χ4v) is 4.36. The van der Waals surface area contributed by atoms with Crippen LogP contribution in [0.4, 0.5) is 4.39 Å². The van der Waals surface area contributed by atoms with Gasteiger partial charge in [0, 0.05) is 6.42 Å². The van der Waals surface area contributed by atoms with Crippen molar-refractivity contribution in [2.24, 2.45) is 5.92 Å². The Morgan fingerprint density at radius 1 is 1.03 bits per heavy atom. The number of hydrogen-bond acceptors (Lipinski definition) is 3. The Labute approximate surface area is 191 Å². The Morgan fingerprint density at radius 3 is 2.44 bits per heavy atom. The molecule has 2 aromatic carbocycles. The van der Waals surface area contributed by atoms with E-state index in [1.54, 1.807) is 0 Å². The van der Waals surface area contributed by atoms with Crippen molar-refractivity contribution >= 4 is 0 Å². The molecule has 0 N–H and O–H groups in total. The summed E-state index contributed by atoms with van der Waals surface area (Å²) in [5, 5.41) is 4.98. The lowest BCUT2D eigenvalue weighted by Crippen LogP contribution is -2.31. The van der Waals surface area contributed by atoms with Crippen molar-refractivity contribution < 1.29 is 9.13 Å². The van der Waals surface area contributed by atoms with Crippen LogP contribution in [-0.4, -0.2) is 34.9 Å². The van der Waals surface area contributed by atoms with Gasteiger partial charge in [-0.3, -0.25) is 9.58 Å². The number of halogens is 1. The number of ether oxygens (including phenoxy) is 1. The van der Waals surface area contributed by atoms with E-state index in [1.807, 2.05) is 24.3 Å². The van der Waals surface area contributed by atoms with Crippen LogP contribution in [0.5, 0.6) is 5.75 Å². The summed E-state index contributed by atoms with van der Waals surface area (Å²) in [5.41, 5.74) is 4.58. The minimum atomic E-state index is -0.204. The molecule has 1 aliphatic rings. The molecule has 0 saturated carbocycles. The van der Waals surface area contributed by atoms with Crippen molar-refractivity contribution in [3.8, 4) is 5.75 Å². The summed E-state index contributed by atoms with van der Waals surface area (Å²) >= 11 is 0. The summed E-state index contributed by atoms with van der Waals surface area (Å²) < 4.78 is 21.3. The molecule has 32 heavy (non-hydrogen) atoms. The van der Waals surface area contributed by atoms with Crippen molar-refractivity contribution in [3.05, 3.63) is 82.9 Å². The summed E-state index contributed by atoms with van der Waals surface area (Å²) in [7, 11) is 2.21. The maximum Gasteiger partial charge on any atom is 0.123 e. The quantitative estimate of drug-likeness (QED) is 0.444. The maximum atomic E-state index is 13.3. The highest BCUT2D eigenvalue weighted by Gasteiger charge is 2.25. The van der Waals surface area contributed by atoms with Crippen LogP contribution in [0.3, 0.4) is 0 Å². The highest BCUT2D eigenvalue weighted by molar-refractivity contribution is 5.29. The number of nitrogens with zero attached hydrogens (tertiary/aromatic N) is 3. The number of benzene rings is 2. The molecule has 0 amide bonds. The van der Waals surface area contributed by atoms with Gasteiger partial charge in [0.1, 0.15) is 11.6 Å². The molecule has 3 aromatic rings. The van der Waals surface area contributed by atoms with Crippen LogP contribution in [0, 0.1) is 11.7 Å². The van der Waals surface area contributed by atoms with Gasteiger partial charge in [-0.25, -0.2) is 4.39 Å². The van der Waals surface area contributed by atoms with Gasteiger partial charge in [-0.2, -0.15) is 5.10 Å². The number of piperidine rings is 1. The van der Waals surface area contributed by atoms with E-state index in [1.165, 1.54) is 36.2 Å². The molecular formula is C27H34FN3O. The molecule has 1 atom stereocenters. The zero-order chi connectivity index (χ0) is 22.5. The third kappa shape index (κ3) is 5.77. The lowest BCUT2D eigenvalue weighted by Gasteiger charge is -2.32. The average molecular weight is 436 g/mol. The Hall–Kier alpha value is -2.66. The molecule has 1 saturated heterocycles. The topological polar surface area (TPSA) is 30.3 Å². The smallest absolute Gasteiger partial charge is 0.123 e. The molecular weight excluding hydrogens is 401 g/mol. The molecule has 4 rings (SSSR count). The molecule has 0 radical (unpaired) electrons. The largest absolute Gasteiger partial charge is 0.493 e. The van der Waals surface area contributed by atoms with Crippen LogP contribution in [0.25, 0.3) is 0 Å². The molecule has 1 aromatic heterocycles. The van der Waals surface area contributed by atoms with E-state index >= 15 is 0 Å². The summed E-state index contributed by atoms with van der Waals surface area (Å²) in [4.78, 5) is 2.45. The van der Waals surface area contributed by atoms with Gasteiger partial charge in [0.2, 0.25) is 0 Å². The Bertz CT molecular complexity index is 995. The summed E-state index contributed by atoms with van der Waals surface area (Å²) in [5.74, 6) is 1.21. The van der Waals surface area contributed by atoms with Crippen LogP contribution >= 0.6 is 0 Å². The summed E-state index contributed by atoms with van der Waals surface area (Å²) in [6.45, 7) is 6.88. The van der Waals surface area contributed by atoms with Gasteiger partial charge in [-0.15, -0.1) is 0 Å². The standard InChI is InChI=1S/C27H34FN3O/c1-20(2)19-32-25-13-9-22(10-14-25)18-31-27(26-6-4-5-15-30(26)3)17-24(29-31)16-21-7-11-23(28)12-8-21/h7-14,17,20,26H,4-6,15-16,18-19H2,1-3H3. The van der Waals surface area contributed by atoms with Gasteiger partial charge in [0.05, 0.1) is 30.6 Å². The second-order valence-electron chi connectivity index (χ2n) is 9.36. The maximum absolute atomic E-state index is 13.3. The predicted molar refractivity (Wildman–Crippen MR) is 127 cm³/mol. The molecule has 1 unspecified atom stereocenters. The second kappa shape index (κ2) is 10.3. The Kier molecular flexibility index (Phi) is 7.26. The molecule has 5 heteroatoms. The predicted octanol–water partition coefficient (Wildman–Crippen LogP) is 5.85. The third-order valence-electron chi connectivity index (χ3n) is 6.11. The molecule has 1 fully saturated rings. The fourth-order valence-electron chi connectivity index (χ4n) is 4.36. The Balaban J connectivity index is 1.56. The molecule has 4 nitrogen and oxygen atoms in total. The molecule has 0 spiro atoms. The van der Waals surface area contributed by atoms with Crippen LogP contribution < -0.4 is 4.74 Å². The van der Waals surface area contributed by atoms with E-state index in [4.69, 9.17) is 9.84 Å². The fraction of sp³-hybridized carbons (Fsp3) is 0.444. The van der Waals surface area contributed by atoms with Gasteiger partial charge < -0.3 is 4.74 Å². The number of rotatable bonds is 8. The zero-order valence-electron chi connectivity index (χ0n) is 19.4. The number of hydrogen-bond donors (Lipinski definition) is 0. The Morgan fingerprint density at radius 2 is 1.75 bits per heavy atom. The normalized spacial score (nSPS) is 17.1. The van der Waals surface area contributed by atoms with Gasteiger partial charge in [-0.05, 0) is 73.8 Å². The van der Waals surface area contributed by atoms with Crippen molar-refractivity contribution in [2.45, 2.75) is 52.1 Å². The molecule has 170 valence electrons. The van der Waals surface area contributed by atoms with E-state index in [9.17, 15) is 4.39 Å². The van der Waals surface area contributed by atoms with Crippen LogP contribution in [-0.2, 0) is 13.0 Å². The highest BCUT2D eigenvalue weighted by Crippen LogP contribution is 2.31. The van der Waals surface area contributed by atoms with Crippen molar-refractivity contribution in [2.75, 3.05) is 20.2 Å². The average Bonchev–Trinajstić information content (AvgIpc) is 3.17. The first-order valence-corrected chi connectivity index (χ1v) is 11.7. The molecule has 2 heterocycles. The summed E-state index contributed by atoms with van der Waals surface area (Å²) in [6, 6.07) is 17.7. The second-order valence-corrected chi connectivity index (χ2v) is 9.36. The molecule has 0 aliphatic carbocycles. The lowest BCUT2D eigenvalue weighted by molar-refractivity contribution is 0.178. The van der Waals surface area contributed by atoms with Crippen LogP contribution in [0.2, 0.25) is 0 Å². The molecule has 0 bridgehead atoms. The third-order valence-corrected chi connectivity index (χ3v) is 6.11. The first kappa shape index (κ1) is 22.5. The van der Waals surface area contributed by atoms with Gasteiger partial charge >= 0.3 is 0 Å². The van der Waals surface area contributed by atoms with E-state index in [2.05, 4.69) is 48.7 Å². The van der Waals surface area contributed by atoms with E-state index < -0.39 is 0 Å². The minimum Gasteiger partial charge on any atom is -0.493 e. The van der Waals surface area contributed by atoms with Crippen LogP contribution in [0.1, 0.15) is 61.7 Å². The number of likely N-dealkylation sites (tertiary alicyclic amines) is 1. The minimum absolute atomic E-state index is 0.204. The number of aromatic nitrogens is 2. The first-order chi connectivity index (χ1) is 15.5. The van der Waals surface area contributed by atoms with E-state index in [0.29, 0.717) is 18.4 Å². The van der Waals surface area contributed by atoms with Crippen LogP contribution in [0.15, 0.2) is 54.6 Å². The first-order valence-electron chi connectivity index (χ1n) is 11.7. The summed E-state index contributed by atoms with van der Waals surface area (Å²) in [6.07, 6.45) is 4.36. The zero-order valence-corrected chi connectivity index (χ0v) is 19.4. The van der Waals surface area contributed by atoms with Crippen molar-refractivity contribution in [1.82, 2.24) is 14.7 Å². The SMILES string of the molecule is CC(C)COc1ccc(Cn2nc(Cc3ccc(F)cc3)cc2C2CCCCN2C)cc1. The van der Waals surface area contributed by atoms with E-state index in [-0.39, 0.29) is 5.82 Å². The van der Waals surface area contributed by atoms with Crippen molar-refractivity contribution in [1.29, 1.82) is 0 Å². The van der Waals surface area contributed by atoms with Gasteiger partial charge in [-0.1, -0.05) is 44.5 Å². The van der Waals surface area contributed by atoms with Gasteiger partial charge in [0.25, 0.3) is 0 Å². The van der Waals surface area contributed by atoms with Gasteiger partial charge in [0.15, 0.2) is 0 Å². The monoisotopic (exact) mass is 435 g/mol.